The van der Waals surface area contributed by atoms with Crippen molar-refractivity contribution in [2.24, 2.45) is 5.84 Å². The normalized spacial score (nSPS) is 19.3. The standard InChI is InChI=1S/C17H21ClN2S/c1-11-5-6-12(15(18)9-11)10-16(20-19)13-3-2-4-17-14(13)7-8-21-17/h5-9,13,16,20H,2-4,10,19H2,1H3. The monoisotopic (exact) mass is 320 g/mol. The molecule has 112 valence electrons. The van der Waals surface area contributed by atoms with Gasteiger partial charge in [0.15, 0.2) is 0 Å². The Hall–Kier alpha value is -0.870. The first-order valence-corrected chi connectivity index (χ1v) is 8.72. The first-order chi connectivity index (χ1) is 10.2. The zero-order valence-electron chi connectivity index (χ0n) is 12.2. The Labute approximate surface area is 135 Å². The van der Waals surface area contributed by atoms with Gasteiger partial charge in [-0.15, -0.1) is 11.3 Å². The molecule has 1 heterocycles. The van der Waals surface area contributed by atoms with Gasteiger partial charge in [-0.1, -0.05) is 23.7 Å². The SMILES string of the molecule is Cc1ccc(CC(NN)C2CCCc3sccc32)c(Cl)c1. The fourth-order valence-electron chi connectivity index (χ4n) is 3.31. The van der Waals surface area contributed by atoms with Crippen LogP contribution in [-0.2, 0) is 12.8 Å². The zero-order chi connectivity index (χ0) is 14.8. The smallest absolute Gasteiger partial charge is 0.0441 e. The number of benzene rings is 1. The third-order valence-electron chi connectivity index (χ3n) is 4.45. The van der Waals surface area contributed by atoms with Crippen molar-refractivity contribution in [1.29, 1.82) is 0 Å². The third-order valence-corrected chi connectivity index (χ3v) is 5.79. The van der Waals surface area contributed by atoms with E-state index in [1.165, 1.54) is 40.8 Å². The molecule has 0 aliphatic heterocycles. The van der Waals surface area contributed by atoms with E-state index in [0.717, 1.165) is 11.4 Å². The van der Waals surface area contributed by atoms with Crippen LogP contribution in [0.15, 0.2) is 29.6 Å². The van der Waals surface area contributed by atoms with Crippen LogP contribution >= 0.6 is 22.9 Å². The predicted octanol–water partition coefficient (Wildman–Crippen LogP) is 4.20. The van der Waals surface area contributed by atoms with E-state index in [4.69, 9.17) is 17.4 Å². The molecule has 0 fully saturated rings. The van der Waals surface area contributed by atoms with Gasteiger partial charge in [0.05, 0.1) is 0 Å². The quantitative estimate of drug-likeness (QED) is 0.654. The Morgan fingerprint density at radius 2 is 2.29 bits per heavy atom. The molecular weight excluding hydrogens is 300 g/mol. The van der Waals surface area contributed by atoms with Gasteiger partial charge in [-0.3, -0.25) is 11.3 Å². The van der Waals surface area contributed by atoms with Crippen molar-refractivity contribution in [1.82, 2.24) is 5.43 Å². The minimum absolute atomic E-state index is 0.235. The van der Waals surface area contributed by atoms with Gasteiger partial charge in [0, 0.05) is 21.9 Å². The second kappa shape index (κ2) is 6.49. The molecule has 0 saturated heterocycles. The van der Waals surface area contributed by atoms with E-state index >= 15 is 0 Å². The Morgan fingerprint density at radius 3 is 3.05 bits per heavy atom. The van der Waals surface area contributed by atoms with Crippen LogP contribution in [0.4, 0.5) is 0 Å². The van der Waals surface area contributed by atoms with Crippen LogP contribution in [0.3, 0.4) is 0 Å². The average Bonchev–Trinajstić information content (AvgIpc) is 2.95. The largest absolute Gasteiger partial charge is 0.271 e. The lowest BCUT2D eigenvalue weighted by atomic mass is 9.80. The summed E-state index contributed by atoms with van der Waals surface area (Å²) in [5, 5.41) is 3.05. The van der Waals surface area contributed by atoms with Gasteiger partial charge in [-0.25, -0.2) is 0 Å². The van der Waals surface area contributed by atoms with Gasteiger partial charge in [0.2, 0.25) is 0 Å². The third kappa shape index (κ3) is 3.16. The van der Waals surface area contributed by atoms with Crippen LogP contribution < -0.4 is 11.3 Å². The van der Waals surface area contributed by atoms with Crippen molar-refractivity contribution in [3.63, 3.8) is 0 Å². The average molecular weight is 321 g/mol. The van der Waals surface area contributed by atoms with Crippen molar-refractivity contribution in [3.05, 3.63) is 56.2 Å². The van der Waals surface area contributed by atoms with Crippen molar-refractivity contribution in [3.8, 4) is 0 Å². The molecule has 0 saturated carbocycles. The molecule has 3 rings (SSSR count). The van der Waals surface area contributed by atoms with Crippen LogP contribution in [0.2, 0.25) is 5.02 Å². The number of nitrogens with one attached hydrogen (secondary N) is 1. The second-order valence-corrected chi connectivity index (χ2v) is 7.28. The summed E-state index contributed by atoms with van der Waals surface area (Å²) < 4.78 is 0. The minimum Gasteiger partial charge on any atom is -0.271 e. The molecule has 3 N–H and O–H groups in total. The van der Waals surface area contributed by atoms with Crippen LogP contribution in [0.1, 0.15) is 40.3 Å². The molecule has 2 atom stereocenters. The number of hydrogen-bond donors (Lipinski definition) is 2. The summed E-state index contributed by atoms with van der Waals surface area (Å²) in [6.45, 7) is 2.06. The van der Waals surface area contributed by atoms with Gasteiger partial charge >= 0.3 is 0 Å². The van der Waals surface area contributed by atoms with E-state index in [0.29, 0.717) is 5.92 Å². The highest BCUT2D eigenvalue weighted by Gasteiger charge is 2.28. The molecule has 21 heavy (non-hydrogen) atoms. The van der Waals surface area contributed by atoms with Crippen molar-refractivity contribution in [2.75, 3.05) is 0 Å². The van der Waals surface area contributed by atoms with Crippen LogP contribution in [0.5, 0.6) is 0 Å². The number of thiophene rings is 1. The van der Waals surface area contributed by atoms with Gasteiger partial charge in [0.1, 0.15) is 0 Å². The number of halogens is 1. The lowest BCUT2D eigenvalue weighted by Gasteiger charge is -2.30. The molecule has 1 aliphatic carbocycles. The summed E-state index contributed by atoms with van der Waals surface area (Å²) in [6, 6.07) is 8.77. The minimum atomic E-state index is 0.235. The number of aryl methyl sites for hydroxylation is 2. The summed E-state index contributed by atoms with van der Waals surface area (Å²) >= 11 is 8.26. The predicted molar refractivity (Wildman–Crippen MR) is 91.0 cm³/mol. The molecule has 0 amide bonds. The molecule has 2 aromatic rings. The number of hydrazine groups is 1. The highest BCUT2D eigenvalue weighted by molar-refractivity contribution is 7.10. The van der Waals surface area contributed by atoms with Crippen LogP contribution in [0, 0.1) is 6.92 Å². The first kappa shape index (κ1) is 15.0. The molecule has 0 radical (unpaired) electrons. The fourth-order valence-corrected chi connectivity index (χ4v) is 4.62. The van der Waals surface area contributed by atoms with Gasteiger partial charge in [-0.05, 0) is 66.8 Å². The number of nitrogens with two attached hydrogens (primary N) is 1. The van der Waals surface area contributed by atoms with Crippen molar-refractivity contribution in [2.45, 2.75) is 44.6 Å². The Balaban J connectivity index is 1.83. The molecule has 2 unspecified atom stereocenters. The van der Waals surface area contributed by atoms with Gasteiger partial charge in [0.25, 0.3) is 0 Å². The topological polar surface area (TPSA) is 38.0 Å². The number of hydrogen-bond acceptors (Lipinski definition) is 3. The van der Waals surface area contributed by atoms with Crippen LogP contribution in [0.25, 0.3) is 0 Å². The molecule has 0 spiro atoms. The van der Waals surface area contributed by atoms with E-state index < -0.39 is 0 Å². The van der Waals surface area contributed by atoms with Crippen LogP contribution in [-0.4, -0.2) is 6.04 Å². The first-order valence-electron chi connectivity index (χ1n) is 7.46. The summed E-state index contributed by atoms with van der Waals surface area (Å²) in [4.78, 5) is 1.53. The summed E-state index contributed by atoms with van der Waals surface area (Å²) in [6.07, 6.45) is 4.53. The van der Waals surface area contributed by atoms with E-state index in [-0.39, 0.29) is 6.04 Å². The van der Waals surface area contributed by atoms with Gasteiger partial charge < -0.3 is 0 Å². The Morgan fingerprint density at radius 1 is 1.43 bits per heavy atom. The molecular formula is C17H21ClN2S. The molecule has 1 aromatic carbocycles. The molecule has 0 bridgehead atoms. The maximum atomic E-state index is 6.38. The Kier molecular flexibility index (Phi) is 4.65. The second-order valence-electron chi connectivity index (χ2n) is 5.87. The van der Waals surface area contributed by atoms with Gasteiger partial charge in [-0.2, -0.15) is 0 Å². The number of fused-ring (bicyclic) bond motifs is 1. The Bertz CT molecular complexity index is 623. The highest BCUT2D eigenvalue weighted by atomic mass is 35.5. The molecule has 1 aromatic heterocycles. The highest BCUT2D eigenvalue weighted by Crippen LogP contribution is 2.38. The van der Waals surface area contributed by atoms with Crippen molar-refractivity contribution >= 4 is 22.9 Å². The van der Waals surface area contributed by atoms with E-state index in [1.54, 1.807) is 0 Å². The van der Waals surface area contributed by atoms with E-state index in [9.17, 15) is 0 Å². The summed E-state index contributed by atoms with van der Waals surface area (Å²) in [5.41, 5.74) is 6.89. The lowest BCUT2D eigenvalue weighted by molar-refractivity contribution is 0.397. The van der Waals surface area contributed by atoms with E-state index in [2.05, 4.69) is 35.9 Å². The van der Waals surface area contributed by atoms with E-state index in [1.807, 2.05) is 17.4 Å². The maximum Gasteiger partial charge on any atom is 0.0441 e. The molecule has 2 nitrogen and oxygen atoms in total. The molecule has 1 aliphatic rings. The molecule has 4 heteroatoms. The fraction of sp³-hybridized carbons (Fsp3) is 0.412. The van der Waals surface area contributed by atoms with Crippen molar-refractivity contribution < 1.29 is 0 Å². The number of rotatable bonds is 4. The zero-order valence-corrected chi connectivity index (χ0v) is 13.8. The maximum absolute atomic E-state index is 6.38. The summed E-state index contributed by atoms with van der Waals surface area (Å²) in [7, 11) is 0. The summed E-state index contributed by atoms with van der Waals surface area (Å²) in [5.74, 6) is 6.36. The lowest BCUT2D eigenvalue weighted by Crippen LogP contribution is -2.42.